The van der Waals surface area contributed by atoms with Crippen LogP contribution in [-0.4, -0.2) is 35.4 Å². The Morgan fingerprint density at radius 2 is 2.04 bits per heavy atom. The minimum Gasteiger partial charge on any atom is -0.356 e. The molecule has 1 spiro atoms. The fourth-order valence-electron chi connectivity index (χ4n) is 4.27. The van der Waals surface area contributed by atoms with E-state index < -0.39 is 5.79 Å². The molecule has 1 aromatic carbocycles. The minimum absolute atomic E-state index is 0.0400. The van der Waals surface area contributed by atoms with E-state index in [2.05, 4.69) is 44.9 Å². The minimum atomic E-state index is -0.394. The number of aromatic nitrogens is 2. The van der Waals surface area contributed by atoms with Gasteiger partial charge in [0.05, 0.1) is 24.4 Å². The lowest BCUT2D eigenvalue weighted by atomic mass is 9.91. The fraction of sp³-hybridized carbons (Fsp3) is 0.550. The van der Waals surface area contributed by atoms with Crippen LogP contribution in [0.1, 0.15) is 50.4 Å². The number of ether oxygens (including phenoxy) is 3. The maximum atomic E-state index is 6.01. The molecule has 5 nitrogen and oxygen atoms in total. The standard InChI is InChI=1S/C20H23BrN2O3/c21-15-4-5-17-16(13-15)19(22-23(17)18-3-1-2-10-24-18)14-6-8-20(9-7-14)25-11-12-26-20/h4-6,13,18H,1-3,7-12H2. The van der Waals surface area contributed by atoms with E-state index in [0.29, 0.717) is 13.2 Å². The van der Waals surface area contributed by atoms with E-state index in [1.165, 1.54) is 17.4 Å². The summed E-state index contributed by atoms with van der Waals surface area (Å²) in [5.41, 5.74) is 3.50. The molecule has 1 aromatic heterocycles. The Bertz CT molecular complexity index is 848. The predicted octanol–water partition coefficient (Wildman–Crippen LogP) is 4.81. The van der Waals surface area contributed by atoms with E-state index in [0.717, 1.165) is 54.4 Å². The van der Waals surface area contributed by atoms with Crippen molar-refractivity contribution in [3.05, 3.63) is 34.4 Å². The van der Waals surface area contributed by atoms with Gasteiger partial charge in [0.15, 0.2) is 12.0 Å². The van der Waals surface area contributed by atoms with Gasteiger partial charge in [-0.25, -0.2) is 4.68 Å². The van der Waals surface area contributed by atoms with Crippen molar-refractivity contribution in [1.82, 2.24) is 9.78 Å². The van der Waals surface area contributed by atoms with Crippen LogP contribution in [0.15, 0.2) is 28.7 Å². The summed E-state index contributed by atoms with van der Waals surface area (Å²) in [7, 11) is 0. The average molecular weight is 419 g/mol. The van der Waals surface area contributed by atoms with Gasteiger partial charge >= 0.3 is 0 Å². The van der Waals surface area contributed by atoms with Crippen molar-refractivity contribution in [3.63, 3.8) is 0 Å². The quantitative estimate of drug-likeness (QED) is 0.701. The van der Waals surface area contributed by atoms with E-state index in [1.54, 1.807) is 0 Å². The molecule has 0 bridgehead atoms. The molecule has 2 aromatic rings. The number of benzene rings is 1. The molecule has 26 heavy (non-hydrogen) atoms. The van der Waals surface area contributed by atoms with Crippen LogP contribution < -0.4 is 0 Å². The molecule has 1 aliphatic carbocycles. The molecule has 0 amide bonds. The molecule has 2 aliphatic heterocycles. The molecule has 0 saturated carbocycles. The van der Waals surface area contributed by atoms with Crippen molar-refractivity contribution < 1.29 is 14.2 Å². The van der Waals surface area contributed by atoms with Crippen molar-refractivity contribution in [2.24, 2.45) is 0 Å². The highest BCUT2D eigenvalue weighted by Crippen LogP contribution is 2.40. The first-order valence-electron chi connectivity index (χ1n) is 9.51. The van der Waals surface area contributed by atoms with Crippen LogP contribution in [0.25, 0.3) is 16.5 Å². The average Bonchev–Trinajstić information content (AvgIpc) is 3.28. The second kappa shape index (κ2) is 6.75. The zero-order valence-electron chi connectivity index (χ0n) is 14.7. The number of rotatable bonds is 2. The Morgan fingerprint density at radius 1 is 1.15 bits per heavy atom. The van der Waals surface area contributed by atoms with Crippen LogP contribution in [0.5, 0.6) is 0 Å². The SMILES string of the molecule is Brc1ccc2c(c1)c(C1=CCC3(CC1)OCCO3)nn2C1CCCCO1. The van der Waals surface area contributed by atoms with Crippen LogP contribution in [-0.2, 0) is 14.2 Å². The molecule has 3 aliphatic rings. The summed E-state index contributed by atoms with van der Waals surface area (Å²) >= 11 is 3.62. The normalized spacial score (nSPS) is 25.7. The monoisotopic (exact) mass is 418 g/mol. The first kappa shape index (κ1) is 16.9. The van der Waals surface area contributed by atoms with E-state index in [9.17, 15) is 0 Å². The largest absolute Gasteiger partial charge is 0.356 e. The Labute approximate surface area is 161 Å². The second-order valence-electron chi connectivity index (χ2n) is 7.32. The number of halogens is 1. The van der Waals surface area contributed by atoms with E-state index in [-0.39, 0.29) is 6.23 Å². The number of nitrogens with zero attached hydrogens (tertiary/aromatic N) is 2. The zero-order chi connectivity index (χ0) is 17.6. The highest BCUT2D eigenvalue weighted by molar-refractivity contribution is 9.10. The first-order chi connectivity index (χ1) is 12.7. The first-order valence-corrected chi connectivity index (χ1v) is 10.3. The van der Waals surface area contributed by atoms with Gasteiger partial charge in [0, 0.05) is 29.3 Å². The summed E-state index contributed by atoms with van der Waals surface area (Å²) in [4.78, 5) is 0. The van der Waals surface area contributed by atoms with Crippen molar-refractivity contribution in [2.45, 2.75) is 50.5 Å². The van der Waals surface area contributed by atoms with Crippen molar-refractivity contribution in [2.75, 3.05) is 19.8 Å². The molecular weight excluding hydrogens is 396 g/mol. The van der Waals surface area contributed by atoms with Gasteiger partial charge in [-0.2, -0.15) is 5.10 Å². The molecule has 3 heterocycles. The molecule has 0 N–H and O–H groups in total. The number of hydrogen-bond acceptors (Lipinski definition) is 4. The van der Waals surface area contributed by atoms with Gasteiger partial charge in [-0.3, -0.25) is 0 Å². The van der Waals surface area contributed by atoms with Crippen molar-refractivity contribution >= 4 is 32.4 Å². The van der Waals surface area contributed by atoms with E-state index >= 15 is 0 Å². The Kier molecular flexibility index (Phi) is 4.39. The summed E-state index contributed by atoms with van der Waals surface area (Å²) in [6, 6.07) is 6.39. The topological polar surface area (TPSA) is 45.5 Å². The third-order valence-corrected chi connectivity index (χ3v) is 6.14. The third kappa shape index (κ3) is 2.93. The van der Waals surface area contributed by atoms with Crippen LogP contribution in [0.3, 0.4) is 0 Å². The zero-order valence-corrected chi connectivity index (χ0v) is 16.3. The Hall–Kier alpha value is -1.21. The van der Waals surface area contributed by atoms with Gasteiger partial charge in [0.2, 0.25) is 0 Å². The molecule has 5 rings (SSSR count). The smallest absolute Gasteiger partial charge is 0.172 e. The third-order valence-electron chi connectivity index (χ3n) is 5.65. The number of allylic oxidation sites excluding steroid dienone is 1. The van der Waals surface area contributed by atoms with Gasteiger partial charge in [0.25, 0.3) is 0 Å². The highest BCUT2D eigenvalue weighted by atomic mass is 79.9. The van der Waals surface area contributed by atoms with E-state index in [4.69, 9.17) is 19.3 Å². The maximum Gasteiger partial charge on any atom is 0.172 e. The number of fused-ring (bicyclic) bond motifs is 1. The van der Waals surface area contributed by atoms with Crippen LogP contribution in [0, 0.1) is 0 Å². The van der Waals surface area contributed by atoms with Gasteiger partial charge in [-0.1, -0.05) is 22.0 Å². The summed E-state index contributed by atoms with van der Waals surface area (Å²) in [5, 5.41) is 6.20. The lowest BCUT2D eigenvalue weighted by molar-refractivity contribution is -0.159. The van der Waals surface area contributed by atoms with Crippen molar-refractivity contribution in [1.29, 1.82) is 0 Å². The summed E-state index contributed by atoms with van der Waals surface area (Å²) in [6.45, 7) is 2.22. The predicted molar refractivity (Wildman–Crippen MR) is 103 cm³/mol. The highest BCUT2D eigenvalue weighted by Gasteiger charge is 2.38. The van der Waals surface area contributed by atoms with Crippen LogP contribution >= 0.6 is 15.9 Å². The fourth-order valence-corrected chi connectivity index (χ4v) is 4.63. The molecule has 2 saturated heterocycles. The lowest BCUT2D eigenvalue weighted by Crippen LogP contribution is -2.31. The van der Waals surface area contributed by atoms with Crippen LogP contribution in [0.4, 0.5) is 0 Å². The van der Waals surface area contributed by atoms with Gasteiger partial charge < -0.3 is 14.2 Å². The summed E-state index contributed by atoms with van der Waals surface area (Å²) < 4.78 is 20.9. The van der Waals surface area contributed by atoms with E-state index in [1.807, 2.05) is 0 Å². The van der Waals surface area contributed by atoms with Crippen molar-refractivity contribution in [3.8, 4) is 0 Å². The molecule has 0 radical (unpaired) electrons. The Morgan fingerprint density at radius 3 is 2.77 bits per heavy atom. The van der Waals surface area contributed by atoms with Gasteiger partial charge in [-0.15, -0.1) is 0 Å². The molecule has 138 valence electrons. The molecule has 6 heteroatoms. The molecule has 1 unspecified atom stereocenters. The Balaban J connectivity index is 1.55. The molecule has 1 atom stereocenters. The van der Waals surface area contributed by atoms with Crippen LogP contribution in [0.2, 0.25) is 0 Å². The molecular formula is C20H23BrN2O3. The van der Waals surface area contributed by atoms with Gasteiger partial charge in [-0.05, 0) is 49.5 Å². The second-order valence-corrected chi connectivity index (χ2v) is 8.23. The lowest BCUT2D eigenvalue weighted by Gasteiger charge is -2.30. The molecule has 2 fully saturated rings. The van der Waals surface area contributed by atoms with Gasteiger partial charge in [0.1, 0.15) is 0 Å². The summed E-state index contributed by atoms with van der Waals surface area (Å²) in [5.74, 6) is -0.394. The summed E-state index contributed by atoms with van der Waals surface area (Å²) in [6.07, 6.45) is 8.26. The maximum absolute atomic E-state index is 6.01. The number of hydrogen-bond donors (Lipinski definition) is 0.